The fourth-order valence-electron chi connectivity index (χ4n) is 1.16. The van der Waals surface area contributed by atoms with Crippen LogP contribution in [0.3, 0.4) is 0 Å². The van der Waals surface area contributed by atoms with Crippen molar-refractivity contribution < 1.29 is 0 Å². The number of nitrogens with zero attached hydrogens (tertiary/aromatic N) is 1. The first kappa shape index (κ1) is 13.2. The predicted octanol–water partition coefficient (Wildman–Crippen LogP) is 2.13. The summed E-state index contributed by atoms with van der Waals surface area (Å²) >= 11 is 0. The van der Waals surface area contributed by atoms with Crippen molar-refractivity contribution in [2.75, 3.05) is 5.73 Å². The van der Waals surface area contributed by atoms with Gasteiger partial charge >= 0.3 is 0 Å². The zero-order valence-electron chi connectivity index (χ0n) is 8.82. The van der Waals surface area contributed by atoms with Gasteiger partial charge in [0.25, 0.3) is 0 Å². The summed E-state index contributed by atoms with van der Waals surface area (Å²) in [7, 11) is 0. The Morgan fingerprint density at radius 2 is 1.93 bits per heavy atom. The highest BCUT2D eigenvalue weighted by Gasteiger charge is 2.23. The molecule has 3 nitrogen and oxygen atoms in total. The van der Waals surface area contributed by atoms with Gasteiger partial charge in [0.1, 0.15) is 5.82 Å². The normalized spacial score (nSPS) is 13.1. The minimum atomic E-state index is -0.0683. The molecule has 1 heterocycles. The summed E-state index contributed by atoms with van der Waals surface area (Å²) in [6.07, 6.45) is 1.67. The zero-order chi connectivity index (χ0) is 10.1. The molecule has 0 fully saturated rings. The van der Waals surface area contributed by atoms with Crippen molar-refractivity contribution in [2.45, 2.75) is 26.8 Å². The molecule has 1 aromatic heterocycles. The summed E-state index contributed by atoms with van der Waals surface area (Å²) in [5.74, 6) is 0.532. The molecular formula is C10H18ClN3. The first-order chi connectivity index (χ1) is 5.93. The van der Waals surface area contributed by atoms with E-state index in [1.165, 1.54) is 0 Å². The maximum Gasteiger partial charge on any atom is 0.128 e. The van der Waals surface area contributed by atoms with Crippen molar-refractivity contribution in [3.63, 3.8) is 0 Å². The van der Waals surface area contributed by atoms with Crippen LogP contribution in [-0.4, -0.2) is 4.98 Å². The van der Waals surface area contributed by atoms with Gasteiger partial charge < -0.3 is 11.5 Å². The van der Waals surface area contributed by atoms with E-state index < -0.39 is 0 Å². The summed E-state index contributed by atoms with van der Waals surface area (Å²) in [6, 6.07) is 3.72. The highest BCUT2D eigenvalue weighted by Crippen LogP contribution is 2.32. The van der Waals surface area contributed by atoms with Gasteiger partial charge in [-0.3, -0.25) is 0 Å². The van der Waals surface area contributed by atoms with E-state index in [0.717, 1.165) is 5.56 Å². The van der Waals surface area contributed by atoms with E-state index in [4.69, 9.17) is 11.5 Å². The van der Waals surface area contributed by atoms with E-state index >= 15 is 0 Å². The smallest absolute Gasteiger partial charge is 0.128 e. The molecular weight excluding hydrogens is 198 g/mol. The molecule has 4 heteroatoms. The molecule has 0 amide bonds. The Hall–Kier alpha value is -0.800. The van der Waals surface area contributed by atoms with E-state index in [1.807, 2.05) is 12.1 Å². The molecule has 1 aromatic rings. The average molecular weight is 216 g/mol. The van der Waals surface area contributed by atoms with Crippen LogP contribution in [0, 0.1) is 5.41 Å². The minimum Gasteiger partial charge on any atom is -0.383 e. The number of rotatable bonds is 1. The van der Waals surface area contributed by atoms with E-state index in [2.05, 4.69) is 25.8 Å². The van der Waals surface area contributed by atoms with E-state index in [1.54, 1.807) is 6.20 Å². The minimum absolute atomic E-state index is 0. The third-order valence-corrected chi connectivity index (χ3v) is 2.14. The predicted molar refractivity (Wildman–Crippen MR) is 62.3 cm³/mol. The Kier molecular flexibility index (Phi) is 4.36. The maximum atomic E-state index is 6.05. The fourth-order valence-corrected chi connectivity index (χ4v) is 1.16. The molecule has 1 atom stereocenters. The van der Waals surface area contributed by atoms with Gasteiger partial charge in [0, 0.05) is 17.8 Å². The summed E-state index contributed by atoms with van der Waals surface area (Å²) in [5, 5.41) is 0. The van der Waals surface area contributed by atoms with Crippen LogP contribution in [0.25, 0.3) is 0 Å². The molecule has 0 bridgehead atoms. The molecule has 0 spiro atoms. The van der Waals surface area contributed by atoms with Crippen molar-refractivity contribution >= 4 is 18.2 Å². The third-order valence-electron chi connectivity index (χ3n) is 2.14. The van der Waals surface area contributed by atoms with Crippen molar-refractivity contribution in [1.29, 1.82) is 0 Å². The monoisotopic (exact) mass is 215 g/mol. The van der Waals surface area contributed by atoms with Gasteiger partial charge in [0.05, 0.1) is 0 Å². The number of nitrogen functional groups attached to an aromatic ring is 1. The Morgan fingerprint density at radius 1 is 1.36 bits per heavy atom. The Bertz CT molecular complexity index is 294. The van der Waals surface area contributed by atoms with Crippen molar-refractivity contribution in [1.82, 2.24) is 4.98 Å². The van der Waals surface area contributed by atoms with Gasteiger partial charge in [-0.25, -0.2) is 4.98 Å². The molecule has 0 aromatic carbocycles. The van der Waals surface area contributed by atoms with Gasteiger partial charge in [0.2, 0.25) is 0 Å². The van der Waals surface area contributed by atoms with Crippen LogP contribution in [-0.2, 0) is 0 Å². The highest BCUT2D eigenvalue weighted by molar-refractivity contribution is 5.85. The lowest BCUT2D eigenvalue weighted by Gasteiger charge is -2.27. The summed E-state index contributed by atoms with van der Waals surface area (Å²) in [6.45, 7) is 6.26. The zero-order valence-corrected chi connectivity index (χ0v) is 9.64. The number of hydrogen-bond donors (Lipinski definition) is 2. The van der Waals surface area contributed by atoms with E-state index in [9.17, 15) is 0 Å². The first-order valence-corrected chi connectivity index (χ1v) is 4.39. The van der Waals surface area contributed by atoms with Gasteiger partial charge in [0.15, 0.2) is 0 Å². The molecule has 0 aliphatic heterocycles. The molecule has 0 radical (unpaired) electrons. The molecule has 0 unspecified atom stereocenters. The summed E-state index contributed by atoms with van der Waals surface area (Å²) < 4.78 is 0. The number of halogens is 1. The number of aromatic nitrogens is 1. The van der Waals surface area contributed by atoms with E-state index in [0.29, 0.717) is 5.82 Å². The van der Waals surface area contributed by atoms with Gasteiger partial charge in [-0.15, -0.1) is 12.4 Å². The topological polar surface area (TPSA) is 64.9 Å². The SMILES string of the molecule is CC(C)(C)[C@H](N)c1cccnc1N.Cl. The molecule has 0 aliphatic rings. The van der Waals surface area contributed by atoms with Crippen LogP contribution in [0.1, 0.15) is 32.4 Å². The summed E-state index contributed by atoms with van der Waals surface area (Å²) in [4.78, 5) is 4.01. The molecule has 80 valence electrons. The van der Waals surface area contributed by atoms with Gasteiger partial charge in [-0.1, -0.05) is 26.8 Å². The van der Waals surface area contributed by atoms with Crippen molar-refractivity contribution in [2.24, 2.45) is 11.1 Å². The Labute approximate surface area is 91.3 Å². The fraction of sp³-hybridized carbons (Fsp3) is 0.500. The standard InChI is InChI=1S/C10H17N3.ClH/c1-10(2,3)8(11)7-5-4-6-13-9(7)12;/h4-6,8H,11H2,1-3H3,(H2,12,13);1H/t8-;/m1./s1. The number of pyridine rings is 1. The molecule has 0 saturated carbocycles. The molecule has 1 rings (SSSR count). The number of hydrogen-bond acceptors (Lipinski definition) is 3. The second-order valence-corrected chi connectivity index (χ2v) is 4.32. The van der Waals surface area contributed by atoms with Crippen LogP contribution < -0.4 is 11.5 Å². The van der Waals surface area contributed by atoms with Crippen LogP contribution >= 0.6 is 12.4 Å². The molecule has 4 N–H and O–H groups in total. The first-order valence-electron chi connectivity index (χ1n) is 4.39. The van der Waals surface area contributed by atoms with Crippen molar-refractivity contribution in [3.05, 3.63) is 23.9 Å². The highest BCUT2D eigenvalue weighted by atomic mass is 35.5. The summed E-state index contributed by atoms with van der Waals surface area (Å²) in [5.41, 5.74) is 12.7. The quantitative estimate of drug-likeness (QED) is 0.755. The number of nitrogens with two attached hydrogens (primary N) is 2. The van der Waals surface area contributed by atoms with Crippen LogP contribution in [0.5, 0.6) is 0 Å². The Morgan fingerprint density at radius 3 is 2.36 bits per heavy atom. The van der Waals surface area contributed by atoms with E-state index in [-0.39, 0.29) is 23.9 Å². The third kappa shape index (κ3) is 2.86. The largest absolute Gasteiger partial charge is 0.383 e. The van der Waals surface area contributed by atoms with Gasteiger partial charge in [-0.2, -0.15) is 0 Å². The van der Waals surface area contributed by atoms with Crippen LogP contribution in [0.15, 0.2) is 18.3 Å². The average Bonchev–Trinajstić information content (AvgIpc) is 2.02. The second kappa shape index (κ2) is 4.62. The lowest BCUT2D eigenvalue weighted by Crippen LogP contribution is -2.27. The van der Waals surface area contributed by atoms with Crippen molar-refractivity contribution in [3.8, 4) is 0 Å². The molecule has 0 aliphatic carbocycles. The van der Waals surface area contributed by atoms with Crippen LogP contribution in [0.2, 0.25) is 0 Å². The molecule has 14 heavy (non-hydrogen) atoms. The maximum absolute atomic E-state index is 6.05. The second-order valence-electron chi connectivity index (χ2n) is 4.32. The Balaban J connectivity index is 0.00000169. The van der Waals surface area contributed by atoms with Crippen LogP contribution in [0.4, 0.5) is 5.82 Å². The lowest BCUT2D eigenvalue weighted by atomic mass is 9.83. The van der Waals surface area contributed by atoms with Gasteiger partial charge in [-0.05, 0) is 11.5 Å². The molecule has 0 saturated heterocycles. The number of anilines is 1. The lowest BCUT2D eigenvalue weighted by molar-refractivity contribution is 0.327.